The molecule has 1 fully saturated rings. The molecule has 1 aromatic carbocycles. The molecule has 28 heavy (non-hydrogen) atoms. The van der Waals surface area contributed by atoms with Crippen LogP contribution < -0.4 is 14.8 Å². The highest BCUT2D eigenvalue weighted by Crippen LogP contribution is 2.35. The zero-order valence-electron chi connectivity index (χ0n) is 16.1. The summed E-state index contributed by atoms with van der Waals surface area (Å²) in [7, 11) is 2.95. The van der Waals surface area contributed by atoms with Crippen molar-refractivity contribution in [2.45, 2.75) is 39.2 Å². The molecule has 1 aromatic heterocycles. The first-order chi connectivity index (χ1) is 13.5. The molecule has 1 amide bonds. The molecule has 3 rings (SSSR count). The highest BCUT2D eigenvalue weighted by Gasteiger charge is 2.26. The van der Waals surface area contributed by atoms with Crippen molar-refractivity contribution in [2.24, 2.45) is 5.92 Å². The Morgan fingerprint density at radius 3 is 2.46 bits per heavy atom. The van der Waals surface area contributed by atoms with Gasteiger partial charge < -0.3 is 24.1 Å². The van der Waals surface area contributed by atoms with E-state index in [1.54, 1.807) is 13.0 Å². The fraction of sp³-hybridized carbons (Fsp3) is 0.474. The molecule has 0 radical (unpaired) electrons. The molecule has 0 spiro atoms. The van der Waals surface area contributed by atoms with Gasteiger partial charge in [-0.15, -0.1) is 0 Å². The Bertz CT molecular complexity index is 857. The molecular formula is C19H23N3O6. The normalized spacial score (nSPS) is 14.0. The summed E-state index contributed by atoms with van der Waals surface area (Å²) >= 11 is 0. The van der Waals surface area contributed by atoms with Crippen molar-refractivity contribution in [3.05, 3.63) is 29.4 Å². The summed E-state index contributed by atoms with van der Waals surface area (Å²) in [6.07, 6.45) is 3.75. The van der Waals surface area contributed by atoms with Crippen molar-refractivity contribution in [3.8, 4) is 11.5 Å². The predicted molar refractivity (Wildman–Crippen MR) is 98.3 cm³/mol. The summed E-state index contributed by atoms with van der Waals surface area (Å²) in [5.74, 6) is 0.544. The molecule has 1 N–H and O–H groups in total. The van der Waals surface area contributed by atoms with E-state index >= 15 is 0 Å². The molecule has 0 aliphatic heterocycles. The topological polar surface area (TPSA) is 113 Å². The molecule has 0 atom stereocenters. The third-order valence-corrected chi connectivity index (χ3v) is 4.62. The molecule has 1 aliphatic carbocycles. The van der Waals surface area contributed by atoms with Gasteiger partial charge >= 0.3 is 5.97 Å². The highest BCUT2D eigenvalue weighted by atomic mass is 16.6. The lowest BCUT2D eigenvalue weighted by molar-refractivity contribution is -0.119. The van der Waals surface area contributed by atoms with Crippen LogP contribution in [0.1, 0.15) is 47.8 Å². The number of aryl methyl sites for hydroxylation is 1. The van der Waals surface area contributed by atoms with Crippen LogP contribution in [0.4, 0.5) is 5.69 Å². The maximum atomic E-state index is 12.7. The predicted octanol–water partition coefficient (Wildman–Crippen LogP) is 2.88. The van der Waals surface area contributed by atoms with Crippen LogP contribution in [0.2, 0.25) is 0 Å². The molecule has 9 heteroatoms. The minimum absolute atomic E-state index is 0.0571. The van der Waals surface area contributed by atoms with E-state index in [-0.39, 0.29) is 29.9 Å². The smallest absolute Gasteiger partial charge is 0.340 e. The maximum absolute atomic E-state index is 12.7. The zero-order chi connectivity index (χ0) is 20.1. The van der Waals surface area contributed by atoms with Gasteiger partial charge in [-0.05, 0) is 19.8 Å². The second-order valence-electron chi connectivity index (χ2n) is 6.53. The van der Waals surface area contributed by atoms with Gasteiger partial charge in [0.1, 0.15) is 0 Å². The molecule has 1 saturated carbocycles. The van der Waals surface area contributed by atoms with Crippen molar-refractivity contribution in [2.75, 3.05) is 19.5 Å². The number of rotatable bonds is 7. The van der Waals surface area contributed by atoms with Crippen molar-refractivity contribution in [3.63, 3.8) is 0 Å². The largest absolute Gasteiger partial charge is 0.493 e. The van der Waals surface area contributed by atoms with Crippen LogP contribution in [0.25, 0.3) is 0 Å². The number of anilines is 1. The van der Waals surface area contributed by atoms with Crippen LogP contribution in [-0.4, -0.2) is 36.2 Å². The lowest BCUT2D eigenvalue weighted by atomic mass is 10.1. The number of carbonyl (C=O) groups excluding carboxylic acids is 2. The number of hydrogen-bond acceptors (Lipinski definition) is 8. The first-order valence-electron chi connectivity index (χ1n) is 9.05. The molecule has 1 heterocycles. The Balaban J connectivity index is 1.83. The number of amides is 1. The van der Waals surface area contributed by atoms with Crippen LogP contribution in [0, 0.1) is 12.8 Å². The quantitative estimate of drug-likeness (QED) is 0.719. The number of aromatic nitrogens is 2. The van der Waals surface area contributed by atoms with Crippen LogP contribution >= 0.6 is 0 Å². The zero-order valence-corrected chi connectivity index (χ0v) is 16.1. The monoisotopic (exact) mass is 389 g/mol. The summed E-state index contributed by atoms with van der Waals surface area (Å²) in [6, 6.07) is 3.03. The van der Waals surface area contributed by atoms with Crippen molar-refractivity contribution in [1.29, 1.82) is 0 Å². The summed E-state index contributed by atoms with van der Waals surface area (Å²) < 4.78 is 20.8. The number of nitrogens with one attached hydrogen (secondary N) is 1. The average molecular weight is 389 g/mol. The fourth-order valence-electron chi connectivity index (χ4n) is 3.18. The van der Waals surface area contributed by atoms with Crippen LogP contribution in [0.15, 0.2) is 16.7 Å². The van der Waals surface area contributed by atoms with E-state index in [4.69, 9.17) is 18.7 Å². The summed E-state index contributed by atoms with van der Waals surface area (Å²) in [5.41, 5.74) is 0.460. The molecular weight excluding hydrogens is 366 g/mol. The molecule has 150 valence electrons. The molecule has 0 saturated heterocycles. The van der Waals surface area contributed by atoms with Crippen molar-refractivity contribution < 1.29 is 28.3 Å². The molecule has 0 bridgehead atoms. The Hall–Kier alpha value is -3.10. The Morgan fingerprint density at radius 2 is 1.86 bits per heavy atom. The summed E-state index contributed by atoms with van der Waals surface area (Å²) in [5, 5.41) is 6.48. The van der Waals surface area contributed by atoms with E-state index in [0.717, 1.165) is 25.7 Å². The van der Waals surface area contributed by atoms with Crippen LogP contribution in [0.5, 0.6) is 11.5 Å². The SMILES string of the molecule is COc1cc(NC(=O)C2CCCC2)c(C(=O)OCc2nc(C)no2)cc1OC. The number of nitrogens with zero attached hydrogens (tertiary/aromatic N) is 2. The van der Waals surface area contributed by atoms with Gasteiger partial charge in [0.05, 0.1) is 25.5 Å². The third kappa shape index (κ3) is 4.41. The standard InChI is InChI=1S/C19H23N3O6/c1-11-20-17(28-22-11)10-27-19(24)13-8-15(25-2)16(26-3)9-14(13)21-18(23)12-6-4-5-7-12/h8-9,12H,4-7,10H2,1-3H3,(H,21,23). The second-order valence-corrected chi connectivity index (χ2v) is 6.53. The molecule has 0 unspecified atom stereocenters. The average Bonchev–Trinajstić information content (AvgIpc) is 3.37. The summed E-state index contributed by atoms with van der Waals surface area (Å²) in [4.78, 5) is 29.2. The lowest BCUT2D eigenvalue weighted by Gasteiger charge is -2.16. The van der Waals surface area contributed by atoms with Gasteiger partial charge in [-0.25, -0.2) is 4.79 Å². The van der Waals surface area contributed by atoms with E-state index in [0.29, 0.717) is 23.0 Å². The minimum Gasteiger partial charge on any atom is -0.493 e. The van der Waals surface area contributed by atoms with Crippen molar-refractivity contribution >= 4 is 17.6 Å². The van der Waals surface area contributed by atoms with Gasteiger partial charge in [0.15, 0.2) is 23.9 Å². The minimum atomic E-state index is -0.654. The van der Waals surface area contributed by atoms with Gasteiger partial charge in [0.2, 0.25) is 5.91 Å². The van der Waals surface area contributed by atoms with E-state index in [1.807, 2.05) is 0 Å². The van der Waals surface area contributed by atoms with Gasteiger partial charge in [0, 0.05) is 18.1 Å². The first kappa shape index (κ1) is 19.7. The third-order valence-electron chi connectivity index (χ3n) is 4.62. The number of ether oxygens (including phenoxy) is 3. The summed E-state index contributed by atoms with van der Waals surface area (Å²) in [6.45, 7) is 1.49. The van der Waals surface area contributed by atoms with E-state index in [1.165, 1.54) is 20.3 Å². The van der Waals surface area contributed by atoms with Gasteiger partial charge in [0.25, 0.3) is 5.89 Å². The number of methoxy groups -OCH3 is 2. The first-order valence-corrected chi connectivity index (χ1v) is 9.05. The number of benzene rings is 1. The fourth-order valence-corrected chi connectivity index (χ4v) is 3.18. The van der Waals surface area contributed by atoms with E-state index < -0.39 is 5.97 Å². The number of carbonyl (C=O) groups is 2. The van der Waals surface area contributed by atoms with Gasteiger partial charge in [-0.1, -0.05) is 18.0 Å². The maximum Gasteiger partial charge on any atom is 0.340 e. The lowest BCUT2D eigenvalue weighted by Crippen LogP contribution is -2.22. The van der Waals surface area contributed by atoms with Gasteiger partial charge in [-0.3, -0.25) is 4.79 Å². The van der Waals surface area contributed by atoms with Gasteiger partial charge in [-0.2, -0.15) is 4.98 Å². The highest BCUT2D eigenvalue weighted by molar-refractivity contribution is 6.02. The Labute approximate surface area is 162 Å². The Kier molecular flexibility index (Phi) is 6.13. The molecule has 1 aliphatic rings. The number of esters is 1. The van der Waals surface area contributed by atoms with Crippen molar-refractivity contribution in [1.82, 2.24) is 10.1 Å². The van der Waals surface area contributed by atoms with E-state index in [9.17, 15) is 9.59 Å². The van der Waals surface area contributed by atoms with Crippen LogP contribution in [0.3, 0.4) is 0 Å². The number of hydrogen-bond donors (Lipinski definition) is 1. The Morgan fingerprint density at radius 1 is 1.18 bits per heavy atom. The second kappa shape index (κ2) is 8.73. The van der Waals surface area contributed by atoms with Crippen LogP contribution in [-0.2, 0) is 16.1 Å². The molecule has 9 nitrogen and oxygen atoms in total. The van der Waals surface area contributed by atoms with E-state index in [2.05, 4.69) is 15.5 Å². The molecule has 2 aromatic rings.